The van der Waals surface area contributed by atoms with Gasteiger partial charge in [0.1, 0.15) is 5.41 Å². The predicted octanol–water partition coefficient (Wildman–Crippen LogP) is 1.97. The molecule has 1 aliphatic rings. The van der Waals surface area contributed by atoms with Crippen molar-refractivity contribution < 1.29 is 14.3 Å². The van der Waals surface area contributed by atoms with E-state index >= 15 is 0 Å². The fourth-order valence-electron chi connectivity index (χ4n) is 2.61. The summed E-state index contributed by atoms with van der Waals surface area (Å²) in [5.74, 6) is -0.0445. The van der Waals surface area contributed by atoms with E-state index in [1.807, 2.05) is 13.8 Å². The first kappa shape index (κ1) is 16.9. The van der Waals surface area contributed by atoms with E-state index in [4.69, 9.17) is 9.47 Å². The van der Waals surface area contributed by atoms with Crippen LogP contribution in [-0.4, -0.2) is 50.3 Å². The first-order chi connectivity index (χ1) is 9.70. The zero-order valence-electron chi connectivity index (χ0n) is 12.7. The van der Waals surface area contributed by atoms with Crippen molar-refractivity contribution >= 4 is 5.91 Å². The third-order valence-electron chi connectivity index (χ3n) is 3.79. The van der Waals surface area contributed by atoms with E-state index in [0.717, 1.165) is 12.8 Å². The van der Waals surface area contributed by atoms with Gasteiger partial charge in [-0.1, -0.05) is 12.8 Å². The summed E-state index contributed by atoms with van der Waals surface area (Å²) in [7, 11) is 0. The second-order valence-corrected chi connectivity index (χ2v) is 5.09. The molecule has 114 valence electrons. The molecule has 0 bridgehead atoms. The fourth-order valence-corrected chi connectivity index (χ4v) is 2.61. The molecule has 1 aliphatic carbocycles. The molecule has 0 N–H and O–H groups in total. The van der Waals surface area contributed by atoms with Gasteiger partial charge in [0.05, 0.1) is 19.3 Å². The molecule has 0 aliphatic heterocycles. The molecule has 20 heavy (non-hydrogen) atoms. The molecule has 0 aromatic rings. The van der Waals surface area contributed by atoms with Gasteiger partial charge in [0, 0.05) is 26.3 Å². The average Bonchev–Trinajstić information content (AvgIpc) is 2.95. The van der Waals surface area contributed by atoms with Gasteiger partial charge in [-0.2, -0.15) is 5.26 Å². The molecule has 5 nitrogen and oxygen atoms in total. The molecule has 1 amide bonds. The second-order valence-electron chi connectivity index (χ2n) is 5.09. The van der Waals surface area contributed by atoms with Crippen molar-refractivity contribution in [2.45, 2.75) is 39.5 Å². The van der Waals surface area contributed by atoms with Crippen LogP contribution in [0.15, 0.2) is 0 Å². The average molecular weight is 282 g/mol. The summed E-state index contributed by atoms with van der Waals surface area (Å²) in [5.41, 5.74) is -0.807. The lowest BCUT2D eigenvalue weighted by atomic mass is 9.86. The van der Waals surface area contributed by atoms with Gasteiger partial charge in [0.15, 0.2) is 0 Å². The first-order valence-corrected chi connectivity index (χ1v) is 7.56. The van der Waals surface area contributed by atoms with Gasteiger partial charge >= 0.3 is 0 Å². The number of carbonyl (C=O) groups is 1. The molecule has 1 rings (SSSR count). The summed E-state index contributed by atoms with van der Waals surface area (Å²) < 4.78 is 10.7. The number of hydrogen-bond acceptors (Lipinski definition) is 4. The third kappa shape index (κ3) is 4.46. The molecule has 0 radical (unpaired) electrons. The Hall–Kier alpha value is -1.12. The van der Waals surface area contributed by atoms with Crippen LogP contribution in [0.4, 0.5) is 0 Å². The van der Waals surface area contributed by atoms with Crippen molar-refractivity contribution in [3.8, 4) is 6.07 Å². The van der Waals surface area contributed by atoms with Gasteiger partial charge in [0.25, 0.3) is 0 Å². The standard InChI is InChI=1S/C15H26N2O3/c1-3-19-11-9-17(10-12-20-4-2)14(18)15(13-16)7-5-6-8-15/h3-12H2,1-2H3. The van der Waals surface area contributed by atoms with Crippen LogP contribution in [-0.2, 0) is 14.3 Å². The highest BCUT2D eigenvalue weighted by Gasteiger charge is 2.43. The van der Waals surface area contributed by atoms with Gasteiger partial charge in [-0.25, -0.2) is 0 Å². The van der Waals surface area contributed by atoms with Crippen molar-refractivity contribution in [2.24, 2.45) is 5.41 Å². The van der Waals surface area contributed by atoms with E-state index in [9.17, 15) is 10.1 Å². The summed E-state index contributed by atoms with van der Waals surface area (Å²) in [6.07, 6.45) is 3.29. The lowest BCUT2D eigenvalue weighted by Crippen LogP contribution is -2.45. The molecule has 0 aromatic heterocycles. The number of ether oxygens (including phenoxy) is 2. The Balaban J connectivity index is 2.64. The molecular formula is C15H26N2O3. The quantitative estimate of drug-likeness (QED) is 0.607. The van der Waals surface area contributed by atoms with Crippen LogP contribution in [0.1, 0.15) is 39.5 Å². The van der Waals surface area contributed by atoms with Crippen LogP contribution in [0, 0.1) is 16.7 Å². The highest BCUT2D eigenvalue weighted by molar-refractivity contribution is 5.85. The van der Waals surface area contributed by atoms with Crippen LogP contribution in [0.5, 0.6) is 0 Å². The van der Waals surface area contributed by atoms with Crippen LogP contribution in [0.3, 0.4) is 0 Å². The maximum Gasteiger partial charge on any atom is 0.243 e. The fraction of sp³-hybridized carbons (Fsp3) is 0.867. The smallest absolute Gasteiger partial charge is 0.243 e. The van der Waals surface area contributed by atoms with Crippen molar-refractivity contribution in [3.63, 3.8) is 0 Å². The van der Waals surface area contributed by atoms with E-state index in [1.54, 1.807) is 4.90 Å². The maximum absolute atomic E-state index is 12.7. The number of carbonyl (C=O) groups excluding carboxylic acids is 1. The molecule has 1 fully saturated rings. The Labute approximate surface area is 121 Å². The highest BCUT2D eigenvalue weighted by Crippen LogP contribution is 2.39. The predicted molar refractivity (Wildman–Crippen MR) is 76.1 cm³/mol. The van der Waals surface area contributed by atoms with Crippen molar-refractivity contribution in [2.75, 3.05) is 39.5 Å². The third-order valence-corrected chi connectivity index (χ3v) is 3.79. The minimum atomic E-state index is -0.807. The van der Waals surface area contributed by atoms with E-state index in [1.165, 1.54) is 0 Å². The molecule has 0 saturated heterocycles. The van der Waals surface area contributed by atoms with Gasteiger partial charge in [0.2, 0.25) is 5.91 Å². The minimum absolute atomic E-state index is 0.0445. The van der Waals surface area contributed by atoms with Crippen LogP contribution in [0.2, 0.25) is 0 Å². The van der Waals surface area contributed by atoms with Gasteiger partial charge in [-0.3, -0.25) is 4.79 Å². The van der Waals surface area contributed by atoms with Crippen molar-refractivity contribution in [1.29, 1.82) is 5.26 Å². The normalized spacial score (nSPS) is 16.9. The topological polar surface area (TPSA) is 62.6 Å². The highest BCUT2D eigenvalue weighted by atomic mass is 16.5. The number of nitrogens with zero attached hydrogens (tertiary/aromatic N) is 2. The molecule has 0 heterocycles. The van der Waals surface area contributed by atoms with Crippen LogP contribution in [0.25, 0.3) is 0 Å². The van der Waals surface area contributed by atoms with Gasteiger partial charge in [-0.15, -0.1) is 0 Å². The van der Waals surface area contributed by atoms with Gasteiger partial charge < -0.3 is 14.4 Å². The number of rotatable bonds is 9. The van der Waals surface area contributed by atoms with E-state index < -0.39 is 5.41 Å². The molecular weight excluding hydrogens is 256 g/mol. The van der Waals surface area contributed by atoms with Gasteiger partial charge in [-0.05, 0) is 26.7 Å². The molecule has 5 heteroatoms. The second kappa shape index (κ2) is 8.93. The van der Waals surface area contributed by atoms with Crippen molar-refractivity contribution in [3.05, 3.63) is 0 Å². The zero-order chi connectivity index (χ0) is 14.8. The number of nitriles is 1. The molecule has 0 spiro atoms. The van der Waals surface area contributed by atoms with Crippen LogP contribution >= 0.6 is 0 Å². The minimum Gasteiger partial charge on any atom is -0.380 e. The maximum atomic E-state index is 12.7. The Morgan fingerprint density at radius 2 is 1.65 bits per heavy atom. The Kier molecular flexibility index (Phi) is 7.56. The Morgan fingerprint density at radius 1 is 1.15 bits per heavy atom. The van der Waals surface area contributed by atoms with Crippen LogP contribution < -0.4 is 0 Å². The lowest BCUT2D eigenvalue weighted by molar-refractivity contribution is -0.140. The number of hydrogen-bond donors (Lipinski definition) is 0. The first-order valence-electron chi connectivity index (χ1n) is 7.56. The zero-order valence-corrected chi connectivity index (χ0v) is 12.7. The SMILES string of the molecule is CCOCCN(CCOCC)C(=O)C1(C#N)CCCC1. The van der Waals surface area contributed by atoms with E-state index in [-0.39, 0.29) is 5.91 Å². The largest absolute Gasteiger partial charge is 0.380 e. The summed E-state index contributed by atoms with van der Waals surface area (Å²) in [6, 6.07) is 2.27. The summed E-state index contributed by atoms with van der Waals surface area (Å²) in [5, 5.41) is 9.42. The lowest BCUT2D eigenvalue weighted by Gasteiger charge is -2.29. The Morgan fingerprint density at radius 3 is 2.05 bits per heavy atom. The summed E-state index contributed by atoms with van der Waals surface area (Å²) in [4.78, 5) is 14.4. The monoisotopic (exact) mass is 282 g/mol. The molecule has 0 aromatic carbocycles. The van der Waals surface area contributed by atoms with E-state index in [2.05, 4.69) is 6.07 Å². The Bertz CT molecular complexity index is 323. The summed E-state index contributed by atoms with van der Waals surface area (Å²) >= 11 is 0. The van der Waals surface area contributed by atoms with Crippen molar-refractivity contribution in [1.82, 2.24) is 4.90 Å². The summed E-state index contributed by atoms with van der Waals surface area (Å²) in [6.45, 7) is 7.21. The molecule has 0 atom stereocenters. The number of amides is 1. The van der Waals surface area contributed by atoms with E-state index in [0.29, 0.717) is 52.4 Å². The molecule has 0 unspecified atom stereocenters. The molecule has 1 saturated carbocycles.